The van der Waals surface area contributed by atoms with Crippen LogP contribution in [0, 0.1) is 35.0 Å². The average Bonchev–Trinajstić information content (AvgIpc) is 3.02. The number of thioether (sulfide) groups is 1. The summed E-state index contributed by atoms with van der Waals surface area (Å²) in [6, 6.07) is -0.713. The van der Waals surface area contributed by atoms with E-state index in [0.717, 1.165) is 36.6 Å². The summed E-state index contributed by atoms with van der Waals surface area (Å²) in [5.74, 6) is -0.0447. The van der Waals surface area contributed by atoms with Crippen LogP contribution in [0.25, 0.3) is 0 Å². The quantitative estimate of drug-likeness (QED) is 0.742. The fourth-order valence-corrected chi connectivity index (χ4v) is 7.83. The third kappa shape index (κ3) is 3.09. The van der Waals surface area contributed by atoms with Crippen molar-refractivity contribution >= 4 is 22.7 Å². The Kier molecular flexibility index (Phi) is 5.58. The van der Waals surface area contributed by atoms with Gasteiger partial charge in [-0.3, -0.25) is 9.59 Å². The molecule has 0 heterocycles. The number of alkyl halides is 1. The summed E-state index contributed by atoms with van der Waals surface area (Å²) in [6.07, 6.45) is 8.70. The second kappa shape index (κ2) is 7.61. The predicted molar refractivity (Wildman–Crippen MR) is 111 cm³/mol. The van der Waals surface area contributed by atoms with E-state index < -0.39 is 17.7 Å². The van der Waals surface area contributed by atoms with Crippen LogP contribution in [-0.2, 0) is 14.3 Å². The van der Waals surface area contributed by atoms with Crippen LogP contribution >= 0.6 is 11.8 Å². The lowest BCUT2D eigenvalue weighted by atomic mass is 9.54. The van der Waals surface area contributed by atoms with Crippen molar-refractivity contribution in [1.29, 1.82) is 0 Å². The van der Waals surface area contributed by atoms with Crippen molar-refractivity contribution in [2.45, 2.75) is 57.7 Å². The molecule has 3 saturated carbocycles. The number of allylic oxidation sites excluding steroid dienone is 4. The van der Waals surface area contributed by atoms with Gasteiger partial charge in [-0.15, -0.1) is 0 Å². The zero-order valence-corrected chi connectivity index (χ0v) is 18.2. The Balaban J connectivity index is 1.78. The van der Waals surface area contributed by atoms with E-state index in [1.165, 1.54) is 0 Å². The number of hydrogen-bond donors (Lipinski definition) is 1. The number of fused-ring (bicyclic) bond motifs is 5. The van der Waals surface area contributed by atoms with E-state index in [1.807, 2.05) is 13.0 Å². The first-order valence-electron chi connectivity index (χ1n) is 10.7. The van der Waals surface area contributed by atoms with Gasteiger partial charge in [0.05, 0.1) is 17.6 Å². The summed E-state index contributed by atoms with van der Waals surface area (Å²) < 4.78 is 19.1. The van der Waals surface area contributed by atoms with Crippen molar-refractivity contribution < 1.29 is 23.8 Å². The standard InChI is InChI=1S/C23H31FO4S/c1-13-11-23(28-3)17(6-7-18(23)21(27)29-12-24)16-5-4-14-10-15(25)8-9-22(14,2)19(16)20(13)26/h8-10,13,16-20,26H,4-7,11-12H2,1-3H3/t13?,16-,17?,18?,19?,20?,22-,23+/m0/s1. The van der Waals surface area contributed by atoms with Crippen LogP contribution in [0.2, 0.25) is 0 Å². The van der Waals surface area contributed by atoms with Gasteiger partial charge in [0.25, 0.3) is 0 Å². The van der Waals surface area contributed by atoms with Crippen LogP contribution in [0.3, 0.4) is 0 Å². The first-order valence-corrected chi connectivity index (χ1v) is 11.7. The minimum absolute atomic E-state index is 0.0214. The van der Waals surface area contributed by atoms with E-state index in [0.29, 0.717) is 12.8 Å². The molecule has 6 heteroatoms. The van der Waals surface area contributed by atoms with E-state index in [2.05, 4.69) is 6.92 Å². The molecule has 4 rings (SSSR count). The van der Waals surface area contributed by atoms with Crippen molar-refractivity contribution in [1.82, 2.24) is 0 Å². The van der Waals surface area contributed by atoms with Crippen LogP contribution in [0.1, 0.15) is 46.0 Å². The fraction of sp³-hybridized carbons (Fsp3) is 0.739. The Morgan fingerprint density at radius 3 is 2.83 bits per heavy atom. The highest BCUT2D eigenvalue weighted by Crippen LogP contribution is 2.63. The Labute approximate surface area is 176 Å². The molecular formula is C23H31FO4S. The molecule has 5 unspecified atom stereocenters. The number of ketones is 1. The van der Waals surface area contributed by atoms with Gasteiger partial charge in [0, 0.05) is 18.4 Å². The van der Waals surface area contributed by atoms with Crippen molar-refractivity contribution in [2.24, 2.45) is 35.0 Å². The maximum atomic E-state index is 12.9. The highest BCUT2D eigenvalue weighted by molar-refractivity contribution is 8.13. The smallest absolute Gasteiger partial charge is 0.197 e. The Hall–Kier alpha value is -0.980. The highest BCUT2D eigenvalue weighted by Gasteiger charge is 2.63. The largest absolute Gasteiger partial charge is 0.393 e. The number of carbonyl (C=O) groups is 2. The van der Waals surface area contributed by atoms with Gasteiger partial charge in [0.2, 0.25) is 0 Å². The Morgan fingerprint density at radius 1 is 1.38 bits per heavy atom. The second-order valence-corrected chi connectivity index (χ2v) is 10.5. The molecule has 0 amide bonds. The number of ether oxygens (including phenoxy) is 1. The van der Waals surface area contributed by atoms with Gasteiger partial charge in [-0.25, -0.2) is 4.39 Å². The van der Waals surface area contributed by atoms with Crippen molar-refractivity contribution in [3.05, 3.63) is 23.8 Å². The fourth-order valence-electron chi connectivity index (χ4n) is 7.20. The maximum absolute atomic E-state index is 12.9. The summed E-state index contributed by atoms with van der Waals surface area (Å²) >= 11 is 0.748. The maximum Gasteiger partial charge on any atom is 0.197 e. The van der Waals surface area contributed by atoms with Crippen LogP contribution in [0.15, 0.2) is 23.8 Å². The molecule has 4 aliphatic rings. The lowest BCUT2D eigenvalue weighted by molar-refractivity contribution is -0.134. The molecule has 160 valence electrons. The van der Waals surface area contributed by atoms with Crippen LogP contribution in [0.5, 0.6) is 0 Å². The van der Waals surface area contributed by atoms with Gasteiger partial charge in [-0.2, -0.15) is 0 Å². The van der Waals surface area contributed by atoms with E-state index in [-0.39, 0.29) is 45.9 Å². The van der Waals surface area contributed by atoms with E-state index >= 15 is 0 Å². The van der Waals surface area contributed by atoms with E-state index in [9.17, 15) is 19.1 Å². The molecule has 4 aliphatic carbocycles. The second-order valence-electron chi connectivity index (χ2n) is 9.56. The normalized spacial score (nSPS) is 46.4. The molecule has 0 aromatic rings. The van der Waals surface area contributed by atoms with Gasteiger partial charge in [-0.05, 0) is 62.0 Å². The number of hydrogen-bond acceptors (Lipinski definition) is 5. The number of halogens is 1. The molecule has 0 radical (unpaired) electrons. The number of carbonyl (C=O) groups excluding carboxylic acids is 2. The topological polar surface area (TPSA) is 63.6 Å². The minimum atomic E-state index is -0.713. The summed E-state index contributed by atoms with van der Waals surface area (Å²) in [7, 11) is 1.67. The molecule has 0 aliphatic heterocycles. The molecule has 4 nitrogen and oxygen atoms in total. The lowest BCUT2D eigenvalue weighted by Gasteiger charge is -2.52. The molecule has 0 saturated heterocycles. The summed E-state index contributed by atoms with van der Waals surface area (Å²) in [6.45, 7) is 4.18. The SMILES string of the molecule is CO[C@]12CC(C)C(O)C3[C@@H](CCC4=CC(=O)C=C[C@@]43C)C1CCC2C(=O)SCF. The Morgan fingerprint density at radius 2 is 2.14 bits per heavy atom. The minimum Gasteiger partial charge on any atom is -0.393 e. The number of aliphatic hydroxyl groups excluding tert-OH is 1. The van der Waals surface area contributed by atoms with Crippen molar-refractivity contribution in [3.8, 4) is 0 Å². The molecule has 0 bridgehead atoms. The molecular weight excluding hydrogens is 391 g/mol. The molecule has 0 aromatic heterocycles. The summed E-state index contributed by atoms with van der Waals surface area (Å²) in [5, 5.41) is 11.3. The van der Waals surface area contributed by atoms with Crippen molar-refractivity contribution in [3.63, 3.8) is 0 Å². The van der Waals surface area contributed by atoms with Crippen LogP contribution in [0.4, 0.5) is 4.39 Å². The van der Waals surface area contributed by atoms with Gasteiger partial charge >= 0.3 is 0 Å². The van der Waals surface area contributed by atoms with E-state index in [4.69, 9.17) is 4.74 Å². The lowest BCUT2D eigenvalue weighted by Crippen LogP contribution is -2.50. The molecule has 8 atom stereocenters. The number of methoxy groups -OCH3 is 1. The molecule has 0 spiro atoms. The summed E-state index contributed by atoms with van der Waals surface area (Å²) in [4.78, 5) is 24.8. The van der Waals surface area contributed by atoms with Crippen molar-refractivity contribution in [2.75, 3.05) is 13.1 Å². The van der Waals surface area contributed by atoms with E-state index in [1.54, 1.807) is 19.3 Å². The van der Waals surface area contributed by atoms with Gasteiger partial charge in [0.15, 0.2) is 10.9 Å². The van der Waals surface area contributed by atoms with Gasteiger partial charge in [-0.1, -0.05) is 37.3 Å². The van der Waals surface area contributed by atoms with Gasteiger partial charge in [0.1, 0.15) is 6.01 Å². The molecule has 0 aromatic carbocycles. The third-order valence-corrected chi connectivity index (χ3v) is 9.14. The average molecular weight is 423 g/mol. The zero-order chi connectivity index (χ0) is 21.0. The summed E-state index contributed by atoms with van der Waals surface area (Å²) in [5.41, 5.74) is 0.107. The monoisotopic (exact) mass is 422 g/mol. The van der Waals surface area contributed by atoms with Crippen LogP contribution in [-0.4, -0.2) is 40.8 Å². The molecule has 3 fully saturated rings. The third-order valence-electron chi connectivity index (χ3n) is 8.46. The highest BCUT2D eigenvalue weighted by atomic mass is 32.2. The number of rotatable bonds is 3. The van der Waals surface area contributed by atoms with Crippen LogP contribution < -0.4 is 0 Å². The zero-order valence-electron chi connectivity index (χ0n) is 17.4. The first kappa shape index (κ1) is 21.3. The predicted octanol–water partition coefficient (Wildman–Crippen LogP) is 4.08. The van der Waals surface area contributed by atoms with Gasteiger partial charge < -0.3 is 9.84 Å². The first-order chi connectivity index (χ1) is 13.8. The molecule has 1 N–H and O–H groups in total. The Bertz CT molecular complexity index is 764. The molecule has 29 heavy (non-hydrogen) atoms. The number of aliphatic hydroxyl groups is 1.